The Kier molecular flexibility index (Phi) is 6.10. The summed E-state index contributed by atoms with van der Waals surface area (Å²) < 4.78 is 11.4. The first kappa shape index (κ1) is 19.3. The molecule has 1 N–H and O–H groups in total. The lowest BCUT2D eigenvalue weighted by atomic mass is 9.93. The second-order valence-electron chi connectivity index (χ2n) is 6.05. The number of carbonyl (C=O) groups excluding carboxylic acids is 1. The van der Waals surface area contributed by atoms with Crippen LogP contribution in [0.15, 0.2) is 29.0 Å². The van der Waals surface area contributed by atoms with Gasteiger partial charge < -0.3 is 14.8 Å². The Morgan fingerprint density at radius 3 is 2.70 bits per heavy atom. The van der Waals surface area contributed by atoms with E-state index in [2.05, 4.69) is 36.2 Å². The summed E-state index contributed by atoms with van der Waals surface area (Å²) in [5.41, 5.74) is 1.42. The fraction of sp³-hybridized carbons (Fsp3) is 0.444. The van der Waals surface area contributed by atoms with Crippen molar-refractivity contribution >= 4 is 33.7 Å². The summed E-state index contributed by atoms with van der Waals surface area (Å²) in [5, 5.41) is 3.33. The van der Waals surface area contributed by atoms with E-state index in [-0.39, 0.29) is 18.2 Å². The average molecular weight is 436 g/mol. The standard InChI is InChI=1S/C18H22BrN5O3/c1-4-12-8-13(22-17-20-9-11(19)10-21-17)16-14(6-7-15(23-16)26-3)24(12)18(25)27-5-2/h6-7,9-10,12-13H,4-5,8H2,1-3H3,(H,20,21,22)/t12-,13+/m0/s1. The van der Waals surface area contributed by atoms with Crippen molar-refractivity contribution in [2.24, 2.45) is 0 Å². The maximum atomic E-state index is 12.6. The van der Waals surface area contributed by atoms with Crippen molar-refractivity contribution in [3.05, 3.63) is 34.7 Å². The van der Waals surface area contributed by atoms with E-state index in [1.165, 1.54) is 0 Å². The molecule has 1 aliphatic heterocycles. The van der Waals surface area contributed by atoms with Gasteiger partial charge in [-0.05, 0) is 41.8 Å². The van der Waals surface area contributed by atoms with Crippen LogP contribution in [-0.2, 0) is 4.74 Å². The van der Waals surface area contributed by atoms with Crippen molar-refractivity contribution in [1.29, 1.82) is 0 Å². The van der Waals surface area contributed by atoms with E-state index in [1.54, 1.807) is 37.4 Å². The van der Waals surface area contributed by atoms with Crippen molar-refractivity contribution in [2.45, 2.75) is 38.8 Å². The average Bonchev–Trinajstić information content (AvgIpc) is 2.69. The van der Waals surface area contributed by atoms with Crippen LogP contribution in [0.25, 0.3) is 0 Å². The second-order valence-corrected chi connectivity index (χ2v) is 6.96. The summed E-state index contributed by atoms with van der Waals surface area (Å²) in [6, 6.07) is 3.40. The number of fused-ring (bicyclic) bond motifs is 1. The third-order valence-corrected chi connectivity index (χ3v) is 4.82. The maximum Gasteiger partial charge on any atom is 0.414 e. The SMILES string of the molecule is CCOC(=O)N1c2ccc(OC)nc2[C@H](Nc2ncc(Br)cn2)C[C@@H]1CC. The molecule has 3 rings (SSSR count). The first-order valence-corrected chi connectivity index (χ1v) is 9.61. The fourth-order valence-electron chi connectivity index (χ4n) is 3.17. The first-order chi connectivity index (χ1) is 13.1. The van der Waals surface area contributed by atoms with Crippen molar-refractivity contribution in [3.8, 4) is 5.88 Å². The summed E-state index contributed by atoms with van der Waals surface area (Å²) in [6.07, 6.45) is 4.43. The molecular formula is C18H22BrN5O3. The van der Waals surface area contributed by atoms with Gasteiger partial charge in [0.25, 0.3) is 0 Å². The van der Waals surface area contributed by atoms with Crippen LogP contribution in [0.2, 0.25) is 0 Å². The van der Waals surface area contributed by atoms with Gasteiger partial charge in [-0.15, -0.1) is 0 Å². The smallest absolute Gasteiger partial charge is 0.414 e. The number of methoxy groups -OCH3 is 1. The normalized spacial score (nSPS) is 18.6. The van der Waals surface area contributed by atoms with Crippen molar-refractivity contribution in [1.82, 2.24) is 15.0 Å². The molecule has 9 heteroatoms. The van der Waals surface area contributed by atoms with Gasteiger partial charge in [0.1, 0.15) is 0 Å². The number of halogens is 1. The lowest BCUT2D eigenvalue weighted by Crippen LogP contribution is -2.46. The third-order valence-electron chi connectivity index (χ3n) is 4.41. The van der Waals surface area contributed by atoms with Gasteiger partial charge >= 0.3 is 6.09 Å². The van der Waals surface area contributed by atoms with E-state index in [0.29, 0.717) is 36.2 Å². The molecule has 0 bridgehead atoms. The number of nitrogens with one attached hydrogen (secondary N) is 1. The van der Waals surface area contributed by atoms with Gasteiger partial charge in [-0.1, -0.05) is 6.92 Å². The molecule has 0 spiro atoms. The number of amides is 1. The number of nitrogens with zero attached hydrogens (tertiary/aromatic N) is 4. The van der Waals surface area contributed by atoms with E-state index in [1.807, 2.05) is 13.0 Å². The molecule has 27 heavy (non-hydrogen) atoms. The largest absolute Gasteiger partial charge is 0.481 e. The second kappa shape index (κ2) is 8.51. The van der Waals surface area contributed by atoms with Crippen LogP contribution in [0.5, 0.6) is 5.88 Å². The molecule has 0 radical (unpaired) electrons. The molecule has 0 unspecified atom stereocenters. The molecule has 0 aromatic carbocycles. The van der Waals surface area contributed by atoms with Crippen molar-refractivity contribution in [2.75, 3.05) is 23.9 Å². The quantitative estimate of drug-likeness (QED) is 0.760. The van der Waals surface area contributed by atoms with Gasteiger partial charge in [0.05, 0.1) is 35.6 Å². The van der Waals surface area contributed by atoms with Gasteiger partial charge in [-0.3, -0.25) is 4.90 Å². The minimum Gasteiger partial charge on any atom is -0.481 e. The Morgan fingerprint density at radius 2 is 2.07 bits per heavy atom. The highest BCUT2D eigenvalue weighted by atomic mass is 79.9. The molecule has 0 saturated carbocycles. The van der Waals surface area contributed by atoms with Crippen LogP contribution < -0.4 is 15.0 Å². The molecular weight excluding hydrogens is 414 g/mol. The number of rotatable bonds is 5. The Labute approximate surface area is 166 Å². The number of anilines is 2. The maximum absolute atomic E-state index is 12.6. The Balaban J connectivity index is 2.00. The van der Waals surface area contributed by atoms with E-state index in [9.17, 15) is 4.79 Å². The van der Waals surface area contributed by atoms with Crippen molar-refractivity contribution < 1.29 is 14.3 Å². The Morgan fingerprint density at radius 1 is 1.33 bits per heavy atom. The summed E-state index contributed by atoms with van der Waals surface area (Å²) in [5.74, 6) is 0.981. The van der Waals surface area contributed by atoms with Crippen LogP contribution in [0.1, 0.15) is 38.4 Å². The highest BCUT2D eigenvalue weighted by Crippen LogP contribution is 2.39. The summed E-state index contributed by atoms with van der Waals surface area (Å²) in [6.45, 7) is 4.16. The molecule has 2 atom stereocenters. The summed E-state index contributed by atoms with van der Waals surface area (Å²) in [7, 11) is 1.57. The lowest BCUT2D eigenvalue weighted by Gasteiger charge is -2.39. The molecule has 144 valence electrons. The van der Waals surface area contributed by atoms with E-state index < -0.39 is 0 Å². The predicted molar refractivity (Wildman–Crippen MR) is 105 cm³/mol. The summed E-state index contributed by atoms with van der Waals surface area (Å²) >= 11 is 3.33. The predicted octanol–water partition coefficient (Wildman–Crippen LogP) is 3.94. The molecule has 0 fully saturated rings. The summed E-state index contributed by atoms with van der Waals surface area (Å²) in [4.78, 5) is 27.4. The molecule has 3 heterocycles. The van der Waals surface area contributed by atoms with Gasteiger partial charge in [0.15, 0.2) is 0 Å². The van der Waals surface area contributed by atoms with E-state index in [4.69, 9.17) is 9.47 Å². The van der Waals surface area contributed by atoms with Gasteiger partial charge in [-0.25, -0.2) is 19.7 Å². The minimum atomic E-state index is -0.365. The van der Waals surface area contributed by atoms with Crippen LogP contribution in [-0.4, -0.2) is 40.8 Å². The molecule has 0 saturated heterocycles. The molecule has 2 aromatic heterocycles. The number of pyridine rings is 1. The molecule has 1 aliphatic rings. The molecule has 2 aromatic rings. The number of aromatic nitrogens is 3. The van der Waals surface area contributed by atoms with Crippen molar-refractivity contribution in [3.63, 3.8) is 0 Å². The molecule has 1 amide bonds. The highest BCUT2D eigenvalue weighted by Gasteiger charge is 2.37. The van der Waals surface area contributed by atoms with E-state index >= 15 is 0 Å². The Hall–Kier alpha value is -2.42. The number of carbonyl (C=O) groups is 1. The van der Waals surface area contributed by atoms with Crippen LogP contribution >= 0.6 is 15.9 Å². The zero-order chi connectivity index (χ0) is 19.4. The fourth-order valence-corrected chi connectivity index (χ4v) is 3.37. The monoisotopic (exact) mass is 435 g/mol. The zero-order valence-electron chi connectivity index (χ0n) is 15.5. The highest BCUT2D eigenvalue weighted by molar-refractivity contribution is 9.10. The van der Waals surface area contributed by atoms with Gasteiger partial charge in [0.2, 0.25) is 11.8 Å². The van der Waals surface area contributed by atoms with E-state index in [0.717, 1.165) is 10.9 Å². The Bertz CT molecular complexity index is 802. The topological polar surface area (TPSA) is 89.5 Å². The zero-order valence-corrected chi connectivity index (χ0v) is 17.1. The lowest BCUT2D eigenvalue weighted by molar-refractivity contribution is 0.155. The first-order valence-electron chi connectivity index (χ1n) is 8.82. The van der Waals surface area contributed by atoms with Crippen LogP contribution in [0, 0.1) is 0 Å². The van der Waals surface area contributed by atoms with Gasteiger partial charge in [0, 0.05) is 24.5 Å². The molecule has 8 nitrogen and oxygen atoms in total. The van der Waals surface area contributed by atoms with Crippen LogP contribution in [0.4, 0.5) is 16.4 Å². The van der Waals surface area contributed by atoms with Gasteiger partial charge in [-0.2, -0.15) is 0 Å². The molecule has 0 aliphatic carbocycles. The minimum absolute atomic E-state index is 0.0281. The van der Waals surface area contributed by atoms with Crippen LogP contribution in [0.3, 0.4) is 0 Å². The number of hydrogen-bond donors (Lipinski definition) is 1. The third kappa shape index (κ3) is 4.13. The number of hydrogen-bond acceptors (Lipinski definition) is 7. The number of ether oxygens (including phenoxy) is 2.